The van der Waals surface area contributed by atoms with Gasteiger partial charge in [0.05, 0.1) is 19.8 Å². The molecule has 0 aliphatic carbocycles. The van der Waals surface area contributed by atoms with Gasteiger partial charge in [0.25, 0.3) is 5.91 Å². The summed E-state index contributed by atoms with van der Waals surface area (Å²) in [5.41, 5.74) is 0.0697. The van der Waals surface area contributed by atoms with Crippen molar-refractivity contribution in [1.29, 1.82) is 0 Å². The molecule has 154 valence electrons. The third kappa shape index (κ3) is 3.90. The second-order valence-corrected chi connectivity index (χ2v) is 7.55. The number of carbonyl (C=O) groups excluding carboxylic acids is 2. The predicted octanol–water partition coefficient (Wildman–Crippen LogP) is 1.36. The lowest BCUT2D eigenvalue weighted by Gasteiger charge is -2.43. The lowest BCUT2D eigenvalue weighted by Crippen LogP contribution is -2.58. The standard InChI is InChI=1S/C20H30N4O4/c1-16(15-28-3)22-9-6-20(7-10-22)18(25)23(14-17-5-4-8-21-13-17)19(26)24(20)11-12-27-2/h4-5,8,13,16H,6-7,9-12,14-15H2,1-3H3. The molecule has 3 amide bonds. The molecule has 1 atom stereocenters. The number of hydrogen-bond donors (Lipinski definition) is 0. The molecular weight excluding hydrogens is 360 g/mol. The SMILES string of the molecule is COCCN1C(=O)N(Cc2cccnc2)C(=O)C12CCN(C(C)COC)CC2. The van der Waals surface area contributed by atoms with Crippen molar-refractivity contribution in [1.82, 2.24) is 19.7 Å². The van der Waals surface area contributed by atoms with E-state index in [0.29, 0.717) is 32.6 Å². The van der Waals surface area contributed by atoms with Crippen LogP contribution in [0, 0.1) is 0 Å². The Bertz CT molecular complexity index is 676. The second kappa shape index (κ2) is 8.98. The monoisotopic (exact) mass is 390 g/mol. The molecule has 2 aliphatic heterocycles. The number of ether oxygens (including phenoxy) is 2. The Hall–Kier alpha value is -2.03. The van der Waals surface area contributed by atoms with Crippen LogP contribution < -0.4 is 0 Å². The molecule has 8 nitrogen and oxygen atoms in total. The molecule has 2 saturated heterocycles. The van der Waals surface area contributed by atoms with E-state index in [4.69, 9.17) is 9.47 Å². The Morgan fingerprint density at radius 2 is 1.96 bits per heavy atom. The highest BCUT2D eigenvalue weighted by Gasteiger charge is 2.57. The highest BCUT2D eigenvalue weighted by atomic mass is 16.5. The first kappa shape index (κ1) is 20.7. The van der Waals surface area contributed by atoms with Crippen LogP contribution in [0.15, 0.2) is 24.5 Å². The smallest absolute Gasteiger partial charge is 0.328 e. The molecule has 2 fully saturated rings. The van der Waals surface area contributed by atoms with Crippen molar-refractivity contribution < 1.29 is 19.1 Å². The van der Waals surface area contributed by atoms with Gasteiger partial charge in [-0.1, -0.05) is 6.07 Å². The van der Waals surface area contributed by atoms with Gasteiger partial charge in [0.1, 0.15) is 5.54 Å². The molecule has 1 unspecified atom stereocenters. The summed E-state index contributed by atoms with van der Waals surface area (Å²) in [6, 6.07) is 3.75. The van der Waals surface area contributed by atoms with Gasteiger partial charge in [0, 0.05) is 52.3 Å². The predicted molar refractivity (Wildman–Crippen MR) is 104 cm³/mol. The molecule has 3 rings (SSSR count). The van der Waals surface area contributed by atoms with E-state index in [1.165, 1.54) is 4.90 Å². The number of pyridine rings is 1. The van der Waals surface area contributed by atoms with E-state index < -0.39 is 5.54 Å². The molecule has 1 aromatic rings. The number of aromatic nitrogens is 1. The first-order valence-electron chi connectivity index (χ1n) is 9.78. The van der Waals surface area contributed by atoms with E-state index in [1.807, 2.05) is 12.1 Å². The maximum atomic E-state index is 13.4. The van der Waals surface area contributed by atoms with Crippen LogP contribution in [0.1, 0.15) is 25.3 Å². The van der Waals surface area contributed by atoms with Crippen molar-refractivity contribution >= 4 is 11.9 Å². The van der Waals surface area contributed by atoms with Crippen molar-refractivity contribution in [3.63, 3.8) is 0 Å². The molecule has 0 N–H and O–H groups in total. The molecule has 2 aliphatic rings. The molecule has 0 radical (unpaired) electrons. The van der Waals surface area contributed by atoms with Gasteiger partial charge in [-0.05, 0) is 31.4 Å². The van der Waals surface area contributed by atoms with E-state index in [9.17, 15) is 9.59 Å². The fourth-order valence-electron chi connectivity index (χ4n) is 4.25. The molecule has 0 bridgehead atoms. The maximum Gasteiger partial charge on any atom is 0.328 e. The summed E-state index contributed by atoms with van der Waals surface area (Å²) >= 11 is 0. The van der Waals surface area contributed by atoms with E-state index >= 15 is 0 Å². The summed E-state index contributed by atoms with van der Waals surface area (Å²) < 4.78 is 10.5. The minimum atomic E-state index is -0.777. The number of likely N-dealkylation sites (tertiary alicyclic amines) is 1. The minimum Gasteiger partial charge on any atom is -0.383 e. The van der Waals surface area contributed by atoms with Gasteiger partial charge in [-0.25, -0.2) is 4.79 Å². The summed E-state index contributed by atoms with van der Waals surface area (Å²) in [6.45, 7) is 5.37. The van der Waals surface area contributed by atoms with Crippen molar-refractivity contribution in [3.05, 3.63) is 30.1 Å². The molecule has 8 heteroatoms. The first-order chi connectivity index (χ1) is 13.5. The van der Waals surface area contributed by atoms with E-state index in [-0.39, 0.29) is 24.5 Å². The molecule has 0 aromatic carbocycles. The molecule has 0 saturated carbocycles. The van der Waals surface area contributed by atoms with E-state index in [2.05, 4.69) is 16.8 Å². The van der Waals surface area contributed by atoms with Gasteiger partial charge in [-0.3, -0.25) is 19.6 Å². The topological polar surface area (TPSA) is 75.2 Å². The van der Waals surface area contributed by atoms with Crippen LogP contribution >= 0.6 is 0 Å². The van der Waals surface area contributed by atoms with Gasteiger partial charge in [0.15, 0.2) is 0 Å². The zero-order valence-corrected chi connectivity index (χ0v) is 17.0. The van der Waals surface area contributed by atoms with Crippen molar-refractivity contribution in [3.8, 4) is 0 Å². The lowest BCUT2D eigenvalue weighted by molar-refractivity contribution is -0.136. The Labute approximate surface area is 166 Å². The van der Waals surface area contributed by atoms with E-state index in [1.54, 1.807) is 31.5 Å². The fraction of sp³-hybridized carbons (Fsp3) is 0.650. The molecular formula is C20H30N4O4. The average molecular weight is 390 g/mol. The number of piperidine rings is 1. The average Bonchev–Trinajstić information content (AvgIpc) is 2.89. The largest absolute Gasteiger partial charge is 0.383 e. The van der Waals surface area contributed by atoms with Gasteiger partial charge in [0.2, 0.25) is 0 Å². The van der Waals surface area contributed by atoms with Crippen molar-refractivity contribution in [2.45, 2.75) is 37.9 Å². The zero-order valence-electron chi connectivity index (χ0n) is 17.0. The number of imide groups is 1. The van der Waals surface area contributed by atoms with Crippen LogP contribution in [0.5, 0.6) is 0 Å². The molecule has 1 spiro atoms. The third-order valence-corrected chi connectivity index (χ3v) is 5.86. The summed E-state index contributed by atoms with van der Waals surface area (Å²) in [6.07, 6.45) is 4.62. The van der Waals surface area contributed by atoms with Crippen molar-refractivity contribution in [2.75, 3.05) is 47.1 Å². The minimum absolute atomic E-state index is 0.100. The number of rotatable bonds is 8. The van der Waals surface area contributed by atoms with Gasteiger partial charge >= 0.3 is 6.03 Å². The highest BCUT2D eigenvalue weighted by molar-refractivity contribution is 6.07. The number of urea groups is 1. The summed E-state index contributed by atoms with van der Waals surface area (Å²) in [4.78, 5) is 36.1. The van der Waals surface area contributed by atoms with Crippen LogP contribution in [-0.4, -0.2) is 90.3 Å². The van der Waals surface area contributed by atoms with Crippen LogP contribution in [0.25, 0.3) is 0 Å². The summed E-state index contributed by atoms with van der Waals surface area (Å²) in [7, 11) is 3.31. The normalized spacial score (nSPS) is 21.0. The molecule has 28 heavy (non-hydrogen) atoms. The van der Waals surface area contributed by atoms with Gasteiger partial charge in [-0.2, -0.15) is 0 Å². The zero-order chi connectivity index (χ0) is 20.1. The van der Waals surface area contributed by atoms with Crippen LogP contribution in [-0.2, 0) is 20.8 Å². The fourth-order valence-corrected chi connectivity index (χ4v) is 4.25. The maximum absolute atomic E-state index is 13.4. The Morgan fingerprint density at radius 3 is 2.57 bits per heavy atom. The van der Waals surface area contributed by atoms with Gasteiger partial charge < -0.3 is 14.4 Å². The Morgan fingerprint density at radius 1 is 1.21 bits per heavy atom. The number of amides is 3. The van der Waals surface area contributed by atoms with Gasteiger partial charge in [-0.15, -0.1) is 0 Å². The van der Waals surface area contributed by atoms with Crippen LogP contribution in [0.4, 0.5) is 4.79 Å². The molecule has 1 aromatic heterocycles. The quantitative estimate of drug-likeness (QED) is 0.624. The summed E-state index contributed by atoms with van der Waals surface area (Å²) in [5, 5.41) is 0. The summed E-state index contributed by atoms with van der Waals surface area (Å²) in [5.74, 6) is -0.100. The van der Waals surface area contributed by atoms with Crippen molar-refractivity contribution in [2.24, 2.45) is 0 Å². The number of methoxy groups -OCH3 is 2. The van der Waals surface area contributed by atoms with Crippen LogP contribution in [0.2, 0.25) is 0 Å². The number of nitrogens with zero attached hydrogens (tertiary/aromatic N) is 4. The Kier molecular flexibility index (Phi) is 6.64. The molecule has 3 heterocycles. The van der Waals surface area contributed by atoms with E-state index in [0.717, 1.165) is 18.7 Å². The number of hydrogen-bond acceptors (Lipinski definition) is 6. The first-order valence-corrected chi connectivity index (χ1v) is 9.78. The lowest BCUT2D eigenvalue weighted by atomic mass is 9.85. The number of carbonyl (C=O) groups is 2. The van der Waals surface area contributed by atoms with Crippen LogP contribution in [0.3, 0.4) is 0 Å². The second-order valence-electron chi connectivity index (χ2n) is 7.55. The Balaban J connectivity index is 1.79. The highest BCUT2D eigenvalue weighted by Crippen LogP contribution is 2.38. The third-order valence-electron chi connectivity index (χ3n) is 5.86.